The van der Waals surface area contributed by atoms with Crippen LogP contribution in [0.25, 0.3) is 6.08 Å². The van der Waals surface area contributed by atoms with Crippen molar-refractivity contribution >= 4 is 51.9 Å². The van der Waals surface area contributed by atoms with Gasteiger partial charge in [0.25, 0.3) is 5.91 Å². The molecule has 1 aliphatic heterocycles. The van der Waals surface area contributed by atoms with Crippen LogP contribution < -0.4 is 9.64 Å². The van der Waals surface area contributed by atoms with Crippen LogP contribution in [0, 0.1) is 0 Å². The number of anilines is 1. The molecule has 0 atom stereocenters. The van der Waals surface area contributed by atoms with E-state index in [4.69, 9.17) is 17.0 Å². The summed E-state index contributed by atoms with van der Waals surface area (Å²) in [4.78, 5) is 30.0. The number of thioether (sulfide) groups is 1. The van der Waals surface area contributed by atoms with Crippen molar-refractivity contribution in [2.45, 2.75) is 6.54 Å². The molecule has 3 aromatic rings. The third-order valence-electron chi connectivity index (χ3n) is 5.11. The molecule has 1 aliphatic rings. The molecule has 1 fully saturated rings. The molecule has 0 aliphatic carbocycles. The van der Waals surface area contributed by atoms with Crippen LogP contribution in [0.1, 0.15) is 11.1 Å². The van der Waals surface area contributed by atoms with E-state index in [0.717, 1.165) is 16.8 Å². The summed E-state index contributed by atoms with van der Waals surface area (Å²) in [7, 11) is 1.60. The van der Waals surface area contributed by atoms with E-state index >= 15 is 0 Å². The van der Waals surface area contributed by atoms with Gasteiger partial charge in [-0.25, -0.2) is 0 Å². The molecule has 0 unspecified atom stereocenters. The monoisotopic (exact) mass is 474 g/mol. The van der Waals surface area contributed by atoms with Crippen LogP contribution in [0.3, 0.4) is 0 Å². The minimum atomic E-state index is -0.270. The maximum Gasteiger partial charge on any atom is 0.266 e. The summed E-state index contributed by atoms with van der Waals surface area (Å²) in [6, 6.07) is 26.6. The van der Waals surface area contributed by atoms with E-state index in [1.807, 2.05) is 84.9 Å². The summed E-state index contributed by atoms with van der Waals surface area (Å²) in [5.74, 6) is 0.228. The molecule has 0 aromatic heterocycles. The van der Waals surface area contributed by atoms with Gasteiger partial charge in [-0.1, -0.05) is 84.6 Å². The molecule has 166 valence electrons. The summed E-state index contributed by atoms with van der Waals surface area (Å²) in [5, 5.41) is 0. The number of amides is 2. The van der Waals surface area contributed by atoms with Crippen molar-refractivity contribution in [2.24, 2.45) is 0 Å². The summed E-state index contributed by atoms with van der Waals surface area (Å²) < 4.78 is 5.62. The Kier molecular flexibility index (Phi) is 7.22. The number of thiocarbonyl (C=S) groups is 1. The topological polar surface area (TPSA) is 49.9 Å². The Labute approximate surface area is 202 Å². The number of rotatable bonds is 7. The lowest BCUT2D eigenvalue weighted by molar-refractivity contribution is -0.127. The van der Waals surface area contributed by atoms with E-state index in [1.165, 1.54) is 16.7 Å². The molecule has 1 heterocycles. The van der Waals surface area contributed by atoms with Gasteiger partial charge in [-0.05, 0) is 41.5 Å². The van der Waals surface area contributed by atoms with Gasteiger partial charge in [0.1, 0.15) is 16.6 Å². The van der Waals surface area contributed by atoms with Gasteiger partial charge in [-0.2, -0.15) is 0 Å². The fourth-order valence-corrected chi connectivity index (χ4v) is 4.69. The number of para-hydroxylation sites is 1. The molecule has 0 radical (unpaired) electrons. The van der Waals surface area contributed by atoms with E-state index in [9.17, 15) is 9.59 Å². The maximum atomic E-state index is 13.4. The van der Waals surface area contributed by atoms with Crippen molar-refractivity contribution in [3.8, 4) is 5.75 Å². The Hall–Kier alpha value is -3.42. The Morgan fingerprint density at radius 1 is 1.03 bits per heavy atom. The first kappa shape index (κ1) is 22.8. The molecule has 0 N–H and O–H groups in total. The van der Waals surface area contributed by atoms with Crippen LogP contribution in [0.2, 0.25) is 0 Å². The minimum Gasteiger partial charge on any atom is -0.497 e. The van der Waals surface area contributed by atoms with Crippen LogP contribution in [-0.2, 0) is 16.1 Å². The van der Waals surface area contributed by atoms with Gasteiger partial charge < -0.3 is 9.64 Å². The molecule has 0 saturated carbocycles. The van der Waals surface area contributed by atoms with Crippen LogP contribution in [-0.4, -0.2) is 34.7 Å². The highest BCUT2D eigenvalue weighted by Crippen LogP contribution is 2.33. The van der Waals surface area contributed by atoms with Crippen molar-refractivity contribution in [2.75, 3.05) is 18.6 Å². The summed E-state index contributed by atoms with van der Waals surface area (Å²) in [5.41, 5.74) is 2.60. The number of ether oxygens (including phenoxy) is 1. The molecule has 0 bridgehead atoms. The van der Waals surface area contributed by atoms with E-state index in [0.29, 0.717) is 21.5 Å². The van der Waals surface area contributed by atoms with Crippen LogP contribution in [0.5, 0.6) is 5.75 Å². The number of hydrogen-bond acceptors (Lipinski definition) is 5. The van der Waals surface area contributed by atoms with E-state index in [2.05, 4.69) is 0 Å². The van der Waals surface area contributed by atoms with Gasteiger partial charge in [0.2, 0.25) is 5.91 Å². The lowest BCUT2D eigenvalue weighted by Crippen LogP contribution is -2.42. The first-order valence-corrected chi connectivity index (χ1v) is 11.6. The van der Waals surface area contributed by atoms with Gasteiger partial charge in [0.15, 0.2) is 0 Å². The normalized spacial score (nSPS) is 14.6. The highest BCUT2D eigenvalue weighted by atomic mass is 32.2. The molecule has 2 amide bonds. The zero-order valence-electron chi connectivity index (χ0n) is 18.0. The van der Waals surface area contributed by atoms with E-state index in [-0.39, 0.29) is 18.4 Å². The third kappa shape index (κ3) is 5.50. The van der Waals surface area contributed by atoms with Crippen LogP contribution >= 0.6 is 24.0 Å². The van der Waals surface area contributed by atoms with E-state index in [1.54, 1.807) is 18.1 Å². The van der Waals surface area contributed by atoms with E-state index < -0.39 is 0 Å². The molecule has 1 saturated heterocycles. The summed E-state index contributed by atoms with van der Waals surface area (Å²) >= 11 is 6.64. The second-order valence-electron chi connectivity index (χ2n) is 7.35. The number of benzene rings is 3. The number of nitrogens with zero attached hydrogens (tertiary/aromatic N) is 2. The molecule has 4 rings (SSSR count). The van der Waals surface area contributed by atoms with Crippen molar-refractivity contribution in [1.29, 1.82) is 0 Å². The first-order valence-electron chi connectivity index (χ1n) is 10.3. The average Bonchev–Trinajstić information content (AvgIpc) is 3.11. The molecule has 33 heavy (non-hydrogen) atoms. The molecule has 0 spiro atoms. The van der Waals surface area contributed by atoms with Gasteiger partial charge in [-0.3, -0.25) is 14.5 Å². The van der Waals surface area contributed by atoms with Crippen molar-refractivity contribution < 1.29 is 14.3 Å². The fourth-order valence-electron chi connectivity index (χ4n) is 3.44. The van der Waals surface area contributed by atoms with Crippen LogP contribution in [0.4, 0.5) is 5.69 Å². The van der Waals surface area contributed by atoms with Crippen molar-refractivity contribution in [3.05, 3.63) is 101 Å². The Balaban J connectivity index is 1.54. The highest BCUT2D eigenvalue weighted by molar-refractivity contribution is 8.26. The van der Waals surface area contributed by atoms with Crippen molar-refractivity contribution in [3.63, 3.8) is 0 Å². The standard InChI is InChI=1S/C26H22N2O3S2/c1-31-22-14-8-11-20(15-22)16-23-25(30)28(26(32)33-23)18-24(29)27(21-12-6-3-7-13-21)17-19-9-4-2-5-10-19/h2-16H,17-18H2,1H3/b23-16-. The minimum absolute atomic E-state index is 0.123. The quantitative estimate of drug-likeness (QED) is 0.351. The van der Waals surface area contributed by atoms with Crippen LogP contribution in [0.15, 0.2) is 89.8 Å². The lowest BCUT2D eigenvalue weighted by atomic mass is 10.2. The molecule has 7 heteroatoms. The Morgan fingerprint density at radius 3 is 2.42 bits per heavy atom. The zero-order chi connectivity index (χ0) is 23.2. The number of methoxy groups -OCH3 is 1. The van der Waals surface area contributed by atoms with Gasteiger partial charge >= 0.3 is 0 Å². The largest absolute Gasteiger partial charge is 0.497 e. The van der Waals surface area contributed by atoms with Gasteiger partial charge in [-0.15, -0.1) is 0 Å². The smallest absolute Gasteiger partial charge is 0.266 e. The summed E-state index contributed by atoms with van der Waals surface area (Å²) in [6.45, 7) is 0.278. The molecular formula is C26H22N2O3S2. The third-order valence-corrected chi connectivity index (χ3v) is 6.49. The second-order valence-corrected chi connectivity index (χ2v) is 9.02. The number of carbonyl (C=O) groups excluding carboxylic acids is 2. The van der Waals surface area contributed by atoms with Gasteiger partial charge in [0, 0.05) is 5.69 Å². The lowest BCUT2D eigenvalue weighted by Gasteiger charge is -2.25. The number of carbonyl (C=O) groups is 2. The zero-order valence-corrected chi connectivity index (χ0v) is 19.6. The fraction of sp³-hybridized carbons (Fsp3) is 0.115. The van der Waals surface area contributed by atoms with Crippen molar-refractivity contribution in [1.82, 2.24) is 4.90 Å². The predicted molar refractivity (Wildman–Crippen MR) is 137 cm³/mol. The summed E-state index contributed by atoms with van der Waals surface area (Å²) in [6.07, 6.45) is 1.77. The Bertz CT molecular complexity index is 1200. The average molecular weight is 475 g/mol. The SMILES string of the molecule is COc1cccc(/C=C2\SC(=S)N(CC(=O)N(Cc3ccccc3)c3ccccc3)C2=O)c1. The first-order chi connectivity index (χ1) is 16.0. The molecular weight excluding hydrogens is 452 g/mol. The Morgan fingerprint density at radius 2 is 1.73 bits per heavy atom. The highest BCUT2D eigenvalue weighted by Gasteiger charge is 2.34. The second kappa shape index (κ2) is 10.5. The molecule has 3 aromatic carbocycles. The number of hydrogen-bond donors (Lipinski definition) is 0. The molecule has 5 nitrogen and oxygen atoms in total. The predicted octanol–water partition coefficient (Wildman–Crippen LogP) is 5.13. The van der Waals surface area contributed by atoms with Gasteiger partial charge in [0.05, 0.1) is 18.6 Å². The maximum absolute atomic E-state index is 13.4.